The first-order chi connectivity index (χ1) is 23.2. The van der Waals surface area contributed by atoms with Crippen LogP contribution < -0.4 is 0 Å². The van der Waals surface area contributed by atoms with Gasteiger partial charge in [0.25, 0.3) is 0 Å². The summed E-state index contributed by atoms with van der Waals surface area (Å²) in [6.07, 6.45) is 0.199. The molecule has 3 rings (SSSR count). The van der Waals surface area contributed by atoms with Crippen molar-refractivity contribution in [2.24, 2.45) is 22.2 Å². The van der Waals surface area contributed by atoms with Crippen molar-refractivity contribution in [1.82, 2.24) is 0 Å². The molecule has 0 aliphatic heterocycles. The van der Waals surface area contributed by atoms with Crippen molar-refractivity contribution in [2.75, 3.05) is 19.8 Å². The van der Waals surface area contributed by atoms with Gasteiger partial charge < -0.3 is 14.2 Å². The van der Waals surface area contributed by atoms with Crippen LogP contribution in [0.3, 0.4) is 0 Å². The zero-order chi connectivity index (χ0) is 37.4. The quantitative estimate of drug-likeness (QED) is 0.0992. The van der Waals surface area contributed by atoms with Gasteiger partial charge in [0.15, 0.2) is 17.3 Å². The normalized spacial score (nSPS) is 11.9. The smallest absolute Gasteiger partial charge is 0.338 e. The Balaban J connectivity index is 1.66. The monoisotopic (exact) mass is 684 g/mol. The highest BCUT2D eigenvalue weighted by Gasteiger charge is 2.26. The average Bonchev–Trinajstić information content (AvgIpc) is 3.06. The van der Waals surface area contributed by atoms with E-state index in [1.165, 1.54) is 36.4 Å². The van der Waals surface area contributed by atoms with Crippen LogP contribution in [0.2, 0.25) is 0 Å². The number of carbonyl (C=O) groups is 6. The Kier molecular flexibility index (Phi) is 12.8. The van der Waals surface area contributed by atoms with Gasteiger partial charge in [0.1, 0.15) is 0 Å². The van der Waals surface area contributed by atoms with Gasteiger partial charge in [0.2, 0.25) is 0 Å². The summed E-state index contributed by atoms with van der Waals surface area (Å²) in [7, 11) is 0. The zero-order valence-corrected chi connectivity index (χ0v) is 30.5. The fourth-order valence-corrected chi connectivity index (χ4v) is 4.74. The molecule has 3 aromatic rings. The second kappa shape index (κ2) is 16.2. The number of Topliss-reactive ketones (excluding diaryl/α,β-unsaturated/α-hetero) is 3. The average molecular weight is 685 g/mol. The number of benzene rings is 3. The molecular formula is C41H48O9. The lowest BCUT2D eigenvalue weighted by molar-refractivity contribution is 0.0174. The van der Waals surface area contributed by atoms with Gasteiger partial charge >= 0.3 is 17.9 Å². The molecule has 0 saturated heterocycles. The molecule has 0 N–H and O–H groups in total. The van der Waals surface area contributed by atoms with E-state index in [0.717, 1.165) is 0 Å². The third-order valence-electron chi connectivity index (χ3n) is 7.85. The van der Waals surface area contributed by atoms with Crippen LogP contribution in [0.5, 0.6) is 0 Å². The molecule has 0 bridgehead atoms. The molecule has 266 valence electrons. The topological polar surface area (TPSA) is 130 Å². The second-order valence-electron chi connectivity index (χ2n) is 15.5. The molecule has 3 aromatic carbocycles. The number of carbonyl (C=O) groups excluding carboxylic acids is 6. The Morgan fingerprint density at radius 1 is 0.420 bits per heavy atom. The lowest BCUT2D eigenvalue weighted by Gasteiger charge is -2.18. The Hall–Kier alpha value is -4.92. The predicted molar refractivity (Wildman–Crippen MR) is 190 cm³/mol. The molecule has 0 aliphatic carbocycles. The summed E-state index contributed by atoms with van der Waals surface area (Å²) < 4.78 is 16.6. The lowest BCUT2D eigenvalue weighted by Crippen LogP contribution is -2.23. The van der Waals surface area contributed by atoms with Crippen LogP contribution in [0.4, 0.5) is 0 Å². The second-order valence-corrected chi connectivity index (χ2v) is 15.5. The molecule has 0 amide bonds. The molecule has 0 spiro atoms. The Bertz CT molecular complexity index is 1610. The third-order valence-corrected chi connectivity index (χ3v) is 7.85. The van der Waals surface area contributed by atoms with Crippen molar-refractivity contribution in [1.29, 1.82) is 0 Å². The minimum atomic E-state index is -0.628. The molecule has 0 fully saturated rings. The maximum absolute atomic E-state index is 12.9. The van der Waals surface area contributed by atoms with Crippen LogP contribution >= 0.6 is 0 Å². The van der Waals surface area contributed by atoms with Crippen LogP contribution in [0.1, 0.15) is 131 Å². The van der Waals surface area contributed by atoms with E-state index >= 15 is 0 Å². The van der Waals surface area contributed by atoms with Gasteiger partial charge in [-0.15, -0.1) is 0 Å². The molecule has 0 heterocycles. The van der Waals surface area contributed by atoms with Crippen LogP contribution in [0, 0.1) is 22.2 Å². The summed E-state index contributed by atoms with van der Waals surface area (Å²) in [4.78, 5) is 76.2. The molecule has 0 aliphatic rings. The highest BCUT2D eigenvalue weighted by Crippen LogP contribution is 2.24. The van der Waals surface area contributed by atoms with Crippen molar-refractivity contribution < 1.29 is 43.0 Å². The van der Waals surface area contributed by atoms with Crippen molar-refractivity contribution >= 4 is 35.3 Å². The maximum Gasteiger partial charge on any atom is 0.338 e. The van der Waals surface area contributed by atoms with Gasteiger partial charge in [-0.05, 0) is 42.8 Å². The van der Waals surface area contributed by atoms with Crippen LogP contribution in [0.25, 0.3) is 0 Å². The van der Waals surface area contributed by atoms with Crippen molar-refractivity contribution in [3.05, 3.63) is 106 Å². The molecule has 0 aromatic heterocycles. The first-order valence-corrected chi connectivity index (χ1v) is 16.6. The van der Waals surface area contributed by atoms with Crippen molar-refractivity contribution in [3.63, 3.8) is 0 Å². The lowest BCUT2D eigenvalue weighted by atomic mass is 9.86. The first kappa shape index (κ1) is 39.5. The summed E-state index contributed by atoms with van der Waals surface area (Å²) in [5, 5.41) is 0. The molecule has 9 heteroatoms. The van der Waals surface area contributed by atoms with E-state index in [2.05, 4.69) is 0 Å². The number of hydrogen-bond donors (Lipinski definition) is 0. The molecule has 0 radical (unpaired) electrons. The summed E-state index contributed by atoms with van der Waals surface area (Å²) in [5.41, 5.74) is 0.502. The van der Waals surface area contributed by atoms with Crippen LogP contribution in [0.15, 0.2) is 72.8 Å². The largest absolute Gasteiger partial charge is 0.462 e. The molecule has 0 atom stereocenters. The SMILES string of the molecule is CC(C)(C)C(=O)c1ccc(C(=O)OCCC(COC(=O)c2ccc(C(=O)C(C)(C)C)cc2)COC(=O)c2ccc(C(=O)C(C)(C)C)cc2)cc1. The molecule has 9 nitrogen and oxygen atoms in total. The molecule has 50 heavy (non-hydrogen) atoms. The highest BCUT2D eigenvalue weighted by atomic mass is 16.6. The molecule has 0 unspecified atom stereocenters. The van der Waals surface area contributed by atoms with E-state index in [1.54, 1.807) is 36.4 Å². The maximum atomic E-state index is 12.9. The van der Waals surface area contributed by atoms with Crippen molar-refractivity contribution in [2.45, 2.75) is 68.7 Å². The number of ether oxygens (including phenoxy) is 3. The summed E-state index contributed by atoms with van der Waals surface area (Å²) in [6, 6.07) is 18.6. The minimum Gasteiger partial charge on any atom is -0.462 e. The van der Waals surface area contributed by atoms with Gasteiger partial charge in [0.05, 0.1) is 36.5 Å². The van der Waals surface area contributed by atoms with Crippen molar-refractivity contribution in [3.8, 4) is 0 Å². The van der Waals surface area contributed by atoms with E-state index in [-0.39, 0.29) is 60.3 Å². The standard InChI is InChI=1S/C41H48O9/c1-39(2,3)33(42)27-10-16-30(17-11-27)36(45)48-23-22-26(24-49-37(46)31-18-12-28(13-19-31)34(43)40(4,5)6)25-50-38(47)32-20-14-29(15-21-32)35(44)41(7,8)9/h10-21,26H,22-25H2,1-9H3. The Morgan fingerprint density at radius 3 is 0.920 bits per heavy atom. The highest BCUT2D eigenvalue weighted by molar-refractivity contribution is 6.02. The minimum absolute atomic E-state index is 0.0481. The number of ketones is 3. The van der Waals surface area contributed by atoms with E-state index < -0.39 is 40.1 Å². The molecular weight excluding hydrogens is 636 g/mol. The fourth-order valence-electron chi connectivity index (χ4n) is 4.74. The third kappa shape index (κ3) is 11.1. The Labute approximate surface area is 294 Å². The van der Waals surface area contributed by atoms with Gasteiger partial charge in [-0.25, -0.2) is 14.4 Å². The Morgan fingerprint density at radius 2 is 0.660 bits per heavy atom. The van der Waals surface area contributed by atoms with Gasteiger partial charge in [-0.3, -0.25) is 14.4 Å². The van der Waals surface area contributed by atoms with E-state index in [4.69, 9.17) is 14.2 Å². The fraction of sp³-hybridized carbons (Fsp3) is 0.415. The van der Waals surface area contributed by atoms with E-state index in [0.29, 0.717) is 16.7 Å². The van der Waals surface area contributed by atoms with Gasteiger partial charge in [0, 0.05) is 38.9 Å². The summed E-state index contributed by atoms with van der Waals surface area (Å²) >= 11 is 0. The van der Waals surface area contributed by atoms with Crippen LogP contribution in [-0.2, 0) is 14.2 Å². The summed E-state index contributed by atoms with van der Waals surface area (Å²) in [6.45, 7) is 16.0. The number of hydrogen-bond acceptors (Lipinski definition) is 9. The number of rotatable bonds is 13. The van der Waals surface area contributed by atoms with E-state index in [9.17, 15) is 28.8 Å². The van der Waals surface area contributed by atoms with Gasteiger partial charge in [-0.1, -0.05) is 98.7 Å². The molecule has 0 saturated carbocycles. The summed E-state index contributed by atoms with van der Waals surface area (Å²) in [5.74, 6) is -2.55. The van der Waals surface area contributed by atoms with Crippen LogP contribution in [-0.4, -0.2) is 55.1 Å². The predicted octanol–water partition coefficient (Wildman–Crippen LogP) is 8.25. The van der Waals surface area contributed by atoms with E-state index in [1.807, 2.05) is 62.3 Å². The first-order valence-electron chi connectivity index (χ1n) is 16.6. The van der Waals surface area contributed by atoms with Gasteiger partial charge in [-0.2, -0.15) is 0 Å². The zero-order valence-electron chi connectivity index (χ0n) is 30.5. The number of esters is 3.